The molecule has 2 amide bonds. The van der Waals surface area contributed by atoms with E-state index in [1.54, 1.807) is 12.1 Å². The van der Waals surface area contributed by atoms with Crippen molar-refractivity contribution in [1.82, 2.24) is 5.32 Å². The van der Waals surface area contributed by atoms with E-state index in [0.29, 0.717) is 11.3 Å². The molecule has 3 rings (SSSR count). The van der Waals surface area contributed by atoms with Gasteiger partial charge in [0.15, 0.2) is 17.5 Å². The number of ether oxygens (including phenoxy) is 1. The van der Waals surface area contributed by atoms with Crippen LogP contribution in [0.4, 0.5) is 5.69 Å². The molecule has 0 aromatic heterocycles. The highest BCUT2D eigenvalue weighted by atomic mass is 35.5. The molecule has 1 saturated heterocycles. The number of aliphatic carboxylic acids is 1. The molecular weight excluding hydrogens is 451 g/mol. The zero-order chi connectivity index (χ0) is 22.0. The third-order valence-electron chi connectivity index (χ3n) is 4.07. The minimum Gasteiger partial charge on any atom is -0.479 e. The van der Waals surface area contributed by atoms with E-state index in [1.165, 1.54) is 23.1 Å². The summed E-state index contributed by atoms with van der Waals surface area (Å²) in [6, 6.07) is 9.89. The number of nitrogens with one attached hydrogen (secondary N) is 1. The van der Waals surface area contributed by atoms with Gasteiger partial charge in [-0.2, -0.15) is 0 Å². The van der Waals surface area contributed by atoms with E-state index >= 15 is 0 Å². The van der Waals surface area contributed by atoms with Crippen molar-refractivity contribution >= 4 is 70.1 Å². The van der Waals surface area contributed by atoms with Crippen LogP contribution in [0.2, 0.25) is 10.0 Å². The maximum Gasteiger partial charge on any atom is 0.341 e. The minimum absolute atomic E-state index is 0.00948. The summed E-state index contributed by atoms with van der Waals surface area (Å²) in [5, 5.41) is 11.3. The van der Waals surface area contributed by atoms with E-state index in [4.69, 9.17) is 45.3 Å². The first-order chi connectivity index (χ1) is 14.2. The Labute approximate surface area is 186 Å². The van der Waals surface area contributed by atoms with Gasteiger partial charge in [0.2, 0.25) is 0 Å². The molecule has 1 aliphatic heterocycles. The van der Waals surface area contributed by atoms with Gasteiger partial charge in [0.05, 0.1) is 15.7 Å². The lowest BCUT2D eigenvalue weighted by Gasteiger charge is -2.29. The Bertz CT molecular complexity index is 1080. The Kier molecular flexibility index (Phi) is 6.40. The van der Waals surface area contributed by atoms with Crippen molar-refractivity contribution in [2.24, 2.45) is 0 Å². The number of amides is 2. The zero-order valence-electron chi connectivity index (χ0n) is 15.4. The molecule has 0 bridgehead atoms. The van der Waals surface area contributed by atoms with Gasteiger partial charge >= 0.3 is 5.97 Å². The van der Waals surface area contributed by atoms with Crippen LogP contribution in [0.15, 0.2) is 42.0 Å². The van der Waals surface area contributed by atoms with Crippen LogP contribution in [0.5, 0.6) is 5.75 Å². The number of anilines is 1. The lowest BCUT2D eigenvalue weighted by Crippen LogP contribution is -2.54. The number of carboxylic acids is 1. The molecular formula is C20H14Cl2N2O5S. The van der Waals surface area contributed by atoms with Crippen molar-refractivity contribution in [2.75, 3.05) is 11.5 Å². The topological polar surface area (TPSA) is 95.9 Å². The normalized spacial score (nSPS) is 15.4. The average Bonchev–Trinajstić information content (AvgIpc) is 2.65. The van der Waals surface area contributed by atoms with Crippen molar-refractivity contribution in [1.29, 1.82) is 0 Å². The number of carbonyl (C=O) groups is 3. The summed E-state index contributed by atoms with van der Waals surface area (Å²) < 4.78 is 5.06. The quantitative estimate of drug-likeness (QED) is 0.398. The first-order valence-corrected chi connectivity index (χ1v) is 9.65. The van der Waals surface area contributed by atoms with Crippen molar-refractivity contribution < 1.29 is 24.2 Å². The maximum atomic E-state index is 13.0. The molecule has 30 heavy (non-hydrogen) atoms. The van der Waals surface area contributed by atoms with E-state index in [0.717, 1.165) is 5.56 Å². The molecule has 154 valence electrons. The Morgan fingerprint density at radius 1 is 1.20 bits per heavy atom. The van der Waals surface area contributed by atoms with E-state index in [2.05, 4.69) is 5.32 Å². The molecule has 1 heterocycles. The van der Waals surface area contributed by atoms with Gasteiger partial charge in [-0.1, -0.05) is 40.9 Å². The van der Waals surface area contributed by atoms with Gasteiger partial charge in [-0.05, 0) is 55.0 Å². The van der Waals surface area contributed by atoms with Gasteiger partial charge in [0.1, 0.15) is 5.57 Å². The summed E-state index contributed by atoms with van der Waals surface area (Å²) in [5.74, 6) is -2.47. The molecule has 1 fully saturated rings. The first kappa shape index (κ1) is 21.8. The third-order valence-corrected chi connectivity index (χ3v) is 4.91. The highest BCUT2D eigenvalue weighted by Crippen LogP contribution is 2.35. The molecule has 0 atom stereocenters. The first-order valence-electron chi connectivity index (χ1n) is 8.49. The standard InChI is InChI=1S/C20H14Cl2N2O5S/c1-10-2-4-12(5-3-10)24-19(28)13(18(27)23-20(24)30)6-11-7-14(21)17(15(22)8-11)29-9-16(25)26/h2-8H,9H2,1H3,(H,25,26)(H,23,27,30)/b13-6+. The number of nitrogens with zero attached hydrogens (tertiary/aromatic N) is 1. The molecule has 2 aromatic rings. The number of rotatable bonds is 5. The van der Waals surface area contributed by atoms with Gasteiger partial charge in [-0.15, -0.1) is 0 Å². The van der Waals surface area contributed by atoms with Crippen LogP contribution in [-0.4, -0.2) is 34.6 Å². The average molecular weight is 465 g/mol. The van der Waals surface area contributed by atoms with Crippen molar-refractivity contribution in [3.05, 3.63) is 63.1 Å². The Balaban J connectivity index is 1.96. The van der Waals surface area contributed by atoms with E-state index in [9.17, 15) is 14.4 Å². The fraction of sp³-hybridized carbons (Fsp3) is 0.100. The number of hydrogen-bond donors (Lipinski definition) is 2. The molecule has 0 saturated carbocycles. The predicted octanol–water partition coefficient (Wildman–Crippen LogP) is 3.60. The van der Waals surface area contributed by atoms with Crippen LogP contribution in [0.3, 0.4) is 0 Å². The second-order valence-corrected chi connectivity index (χ2v) is 7.49. The summed E-state index contributed by atoms with van der Waals surface area (Å²) in [4.78, 5) is 37.3. The number of aryl methyl sites for hydroxylation is 1. The highest BCUT2D eigenvalue weighted by molar-refractivity contribution is 7.80. The van der Waals surface area contributed by atoms with Crippen LogP contribution in [0, 0.1) is 6.92 Å². The molecule has 10 heteroatoms. The second kappa shape index (κ2) is 8.83. The third kappa shape index (κ3) is 4.62. The summed E-state index contributed by atoms with van der Waals surface area (Å²) in [6.07, 6.45) is 1.32. The molecule has 0 unspecified atom stereocenters. The highest BCUT2D eigenvalue weighted by Gasteiger charge is 2.34. The molecule has 7 nitrogen and oxygen atoms in total. The van der Waals surface area contributed by atoms with Gasteiger partial charge in [-0.3, -0.25) is 19.8 Å². The number of carbonyl (C=O) groups excluding carboxylic acids is 2. The Morgan fingerprint density at radius 2 is 1.80 bits per heavy atom. The number of hydrogen-bond acceptors (Lipinski definition) is 5. The summed E-state index contributed by atoms with van der Waals surface area (Å²) >= 11 is 17.4. The molecule has 2 N–H and O–H groups in total. The fourth-order valence-corrected chi connectivity index (χ4v) is 3.58. The Hall–Kier alpha value is -2.94. The molecule has 1 aliphatic rings. The monoisotopic (exact) mass is 464 g/mol. The maximum absolute atomic E-state index is 13.0. The van der Waals surface area contributed by atoms with E-state index < -0.39 is 24.4 Å². The SMILES string of the molecule is Cc1ccc(N2C(=O)/C(=C/c3cc(Cl)c(OCC(=O)O)c(Cl)c3)C(=O)NC2=S)cc1. The van der Waals surface area contributed by atoms with Gasteiger partial charge in [0.25, 0.3) is 11.8 Å². The van der Waals surface area contributed by atoms with Gasteiger partial charge in [-0.25, -0.2) is 4.79 Å². The fourth-order valence-electron chi connectivity index (χ4n) is 2.69. The largest absolute Gasteiger partial charge is 0.479 e. The van der Waals surface area contributed by atoms with Gasteiger partial charge < -0.3 is 9.84 Å². The van der Waals surface area contributed by atoms with Crippen molar-refractivity contribution in [3.8, 4) is 5.75 Å². The number of benzene rings is 2. The summed E-state index contributed by atoms with van der Waals surface area (Å²) in [7, 11) is 0. The predicted molar refractivity (Wildman–Crippen MR) is 117 cm³/mol. The lowest BCUT2D eigenvalue weighted by molar-refractivity contribution is -0.139. The van der Waals surface area contributed by atoms with Gasteiger partial charge in [0, 0.05) is 0 Å². The molecule has 0 aliphatic carbocycles. The number of halogens is 2. The number of carboxylic acid groups (broad SMARTS) is 1. The van der Waals surface area contributed by atoms with Crippen molar-refractivity contribution in [3.63, 3.8) is 0 Å². The lowest BCUT2D eigenvalue weighted by atomic mass is 10.1. The molecule has 0 radical (unpaired) electrons. The minimum atomic E-state index is -1.19. The summed E-state index contributed by atoms with van der Waals surface area (Å²) in [6.45, 7) is 1.29. The second-order valence-electron chi connectivity index (χ2n) is 6.29. The Morgan fingerprint density at radius 3 is 2.37 bits per heavy atom. The molecule has 0 spiro atoms. The van der Waals surface area contributed by atoms with Crippen LogP contribution < -0.4 is 15.0 Å². The van der Waals surface area contributed by atoms with Crippen LogP contribution in [0.1, 0.15) is 11.1 Å². The summed E-state index contributed by atoms with van der Waals surface area (Å²) in [5.41, 5.74) is 1.69. The smallest absolute Gasteiger partial charge is 0.341 e. The van der Waals surface area contributed by atoms with E-state index in [1.807, 2.05) is 19.1 Å². The number of thiocarbonyl (C=S) groups is 1. The van der Waals surface area contributed by atoms with Crippen LogP contribution in [-0.2, 0) is 14.4 Å². The van der Waals surface area contributed by atoms with E-state index in [-0.39, 0.29) is 26.5 Å². The van der Waals surface area contributed by atoms with Crippen molar-refractivity contribution in [2.45, 2.75) is 6.92 Å². The molecule has 2 aromatic carbocycles. The van der Waals surface area contributed by atoms with Crippen LogP contribution >= 0.6 is 35.4 Å². The van der Waals surface area contributed by atoms with Crippen LogP contribution in [0.25, 0.3) is 6.08 Å². The zero-order valence-corrected chi connectivity index (χ0v) is 17.8.